The first-order valence-electron chi connectivity index (χ1n) is 7.29. The Morgan fingerprint density at radius 3 is 2.71 bits per heavy atom. The first-order chi connectivity index (χ1) is 10.3. The molecule has 1 aliphatic carbocycles. The van der Waals surface area contributed by atoms with Crippen molar-refractivity contribution in [3.8, 4) is 0 Å². The molecule has 1 heterocycles. The van der Waals surface area contributed by atoms with E-state index in [0.717, 1.165) is 16.0 Å². The van der Waals surface area contributed by atoms with E-state index < -0.39 is 0 Å². The van der Waals surface area contributed by atoms with Crippen molar-refractivity contribution in [2.75, 3.05) is 10.6 Å². The third-order valence-corrected chi connectivity index (χ3v) is 4.33. The van der Waals surface area contributed by atoms with Crippen LogP contribution in [0.15, 0.2) is 34.9 Å². The molecule has 110 valence electrons. The number of nitrogens with zero attached hydrogens (tertiary/aromatic N) is 3. The van der Waals surface area contributed by atoms with Crippen LogP contribution < -0.4 is 10.6 Å². The topological polar surface area (TPSA) is 62.7 Å². The number of para-hydroxylation sites is 1. The molecule has 0 aliphatic heterocycles. The molecule has 0 amide bonds. The SMILES string of the molecule is Brc1ccccc1Nc1nncc(NC2CCCCC2)n1. The monoisotopic (exact) mass is 347 g/mol. The summed E-state index contributed by atoms with van der Waals surface area (Å²) < 4.78 is 0.972. The van der Waals surface area contributed by atoms with E-state index in [4.69, 9.17) is 0 Å². The zero-order chi connectivity index (χ0) is 14.5. The van der Waals surface area contributed by atoms with Crippen LogP contribution in [0.25, 0.3) is 0 Å². The van der Waals surface area contributed by atoms with Crippen LogP contribution in [0.5, 0.6) is 0 Å². The quantitative estimate of drug-likeness (QED) is 0.870. The fourth-order valence-corrected chi connectivity index (χ4v) is 2.95. The van der Waals surface area contributed by atoms with Crippen molar-refractivity contribution in [3.05, 3.63) is 34.9 Å². The molecule has 1 aromatic carbocycles. The molecule has 0 unspecified atom stereocenters. The largest absolute Gasteiger partial charge is 0.366 e. The molecule has 0 spiro atoms. The number of halogens is 1. The maximum absolute atomic E-state index is 4.49. The van der Waals surface area contributed by atoms with Gasteiger partial charge in [-0.25, -0.2) is 0 Å². The highest BCUT2D eigenvalue weighted by molar-refractivity contribution is 9.10. The highest BCUT2D eigenvalue weighted by Crippen LogP contribution is 2.24. The van der Waals surface area contributed by atoms with E-state index in [2.05, 4.69) is 41.7 Å². The van der Waals surface area contributed by atoms with Crippen LogP contribution in [0.2, 0.25) is 0 Å². The second-order valence-corrected chi connectivity index (χ2v) is 6.10. The fourth-order valence-electron chi connectivity index (χ4n) is 2.57. The molecule has 0 atom stereocenters. The van der Waals surface area contributed by atoms with Gasteiger partial charge in [-0.05, 0) is 40.9 Å². The van der Waals surface area contributed by atoms with E-state index in [1.54, 1.807) is 6.20 Å². The number of benzene rings is 1. The summed E-state index contributed by atoms with van der Waals surface area (Å²) in [4.78, 5) is 4.49. The van der Waals surface area contributed by atoms with Gasteiger partial charge in [0.25, 0.3) is 0 Å². The van der Waals surface area contributed by atoms with Gasteiger partial charge in [-0.1, -0.05) is 31.4 Å². The van der Waals surface area contributed by atoms with Gasteiger partial charge in [0.05, 0.1) is 11.9 Å². The van der Waals surface area contributed by atoms with E-state index >= 15 is 0 Å². The molecular weight excluding hydrogens is 330 g/mol. The van der Waals surface area contributed by atoms with Crippen LogP contribution in [0.1, 0.15) is 32.1 Å². The van der Waals surface area contributed by atoms with Crippen LogP contribution in [0.3, 0.4) is 0 Å². The van der Waals surface area contributed by atoms with Gasteiger partial charge < -0.3 is 10.6 Å². The fraction of sp³-hybridized carbons (Fsp3) is 0.400. The van der Waals surface area contributed by atoms with E-state index in [-0.39, 0.29) is 0 Å². The Bertz CT molecular complexity index is 598. The predicted octanol–water partition coefficient (Wildman–Crippen LogP) is 4.12. The second kappa shape index (κ2) is 6.85. The minimum atomic E-state index is 0.503. The van der Waals surface area contributed by atoms with E-state index in [1.165, 1.54) is 32.1 Å². The molecule has 0 radical (unpaired) electrons. The molecule has 1 fully saturated rings. The summed E-state index contributed by atoms with van der Waals surface area (Å²) in [7, 11) is 0. The summed E-state index contributed by atoms with van der Waals surface area (Å²) in [5, 5.41) is 14.7. The smallest absolute Gasteiger partial charge is 0.249 e. The number of hydrogen-bond acceptors (Lipinski definition) is 5. The summed E-state index contributed by atoms with van der Waals surface area (Å²) in [6, 6.07) is 8.38. The normalized spacial score (nSPS) is 15.7. The van der Waals surface area contributed by atoms with Gasteiger partial charge >= 0.3 is 0 Å². The minimum Gasteiger partial charge on any atom is -0.366 e. The lowest BCUT2D eigenvalue weighted by molar-refractivity contribution is 0.461. The summed E-state index contributed by atoms with van der Waals surface area (Å²) in [6.45, 7) is 0. The van der Waals surface area contributed by atoms with Crippen LogP contribution in [0.4, 0.5) is 17.5 Å². The van der Waals surface area contributed by atoms with Crippen molar-refractivity contribution in [2.24, 2.45) is 0 Å². The van der Waals surface area contributed by atoms with E-state index in [0.29, 0.717) is 12.0 Å². The van der Waals surface area contributed by atoms with Gasteiger partial charge in [-0.15, -0.1) is 5.10 Å². The van der Waals surface area contributed by atoms with Gasteiger partial charge in [0, 0.05) is 10.5 Å². The molecule has 1 aliphatic rings. The Hall–Kier alpha value is -1.69. The van der Waals surface area contributed by atoms with Crippen molar-refractivity contribution in [3.63, 3.8) is 0 Å². The molecule has 1 aromatic heterocycles. The maximum Gasteiger partial charge on any atom is 0.249 e. The molecule has 3 rings (SSSR count). The summed E-state index contributed by atoms with van der Waals surface area (Å²) in [6.07, 6.45) is 8.01. The average molecular weight is 348 g/mol. The van der Waals surface area contributed by atoms with Gasteiger partial charge in [0.1, 0.15) is 0 Å². The van der Waals surface area contributed by atoms with Gasteiger partial charge in [-0.2, -0.15) is 10.1 Å². The van der Waals surface area contributed by atoms with Gasteiger partial charge in [0.2, 0.25) is 5.95 Å². The number of anilines is 3. The van der Waals surface area contributed by atoms with E-state index in [1.807, 2.05) is 24.3 Å². The molecule has 2 aromatic rings. The Morgan fingerprint density at radius 2 is 1.90 bits per heavy atom. The first-order valence-corrected chi connectivity index (χ1v) is 8.08. The Kier molecular flexibility index (Phi) is 4.65. The van der Waals surface area contributed by atoms with Crippen molar-refractivity contribution < 1.29 is 0 Å². The van der Waals surface area contributed by atoms with Crippen LogP contribution >= 0.6 is 15.9 Å². The molecular formula is C15H18BrN5. The van der Waals surface area contributed by atoms with Crippen molar-refractivity contribution >= 4 is 33.4 Å². The summed E-state index contributed by atoms with van der Waals surface area (Å²) in [5.41, 5.74) is 0.925. The lowest BCUT2D eigenvalue weighted by Gasteiger charge is -2.23. The zero-order valence-corrected chi connectivity index (χ0v) is 13.3. The molecule has 21 heavy (non-hydrogen) atoms. The standard InChI is InChI=1S/C15H18BrN5/c16-12-8-4-5-9-13(12)19-15-20-14(10-17-21-15)18-11-6-2-1-3-7-11/h4-5,8-11H,1-3,6-7H2,(H2,18,19,20,21). The number of aromatic nitrogens is 3. The molecule has 1 saturated carbocycles. The maximum atomic E-state index is 4.49. The second-order valence-electron chi connectivity index (χ2n) is 5.25. The average Bonchev–Trinajstić information content (AvgIpc) is 2.51. The highest BCUT2D eigenvalue weighted by Gasteiger charge is 2.14. The van der Waals surface area contributed by atoms with Crippen molar-refractivity contribution in [1.82, 2.24) is 15.2 Å². The van der Waals surface area contributed by atoms with Crippen molar-refractivity contribution in [2.45, 2.75) is 38.1 Å². The Labute approximate surface area is 132 Å². The lowest BCUT2D eigenvalue weighted by atomic mass is 9.96. The first kappa shape index (κ1) is 14.3. The molecule has 6 heteroatoms. The number of rotatable bonds is 4. The van der Waals surface area contributed by atoms with Gasteiger partial charge in [0.15, 0.2) is 5.82 Å². The summed E-state index contributed by atoms with van der Waals surface area (Å²) in [5.74, 6) is 1.29. The number of nitrogens with one attached hydrogen (secondary N) is 2. The zero-order valence-electron chi connectivity index (χ0n) is 11.7. The predicted molar refractivity (Wildman–Crippen MR) is 87.7 cm³/mol. The third-order valence-electron chi connectivity index (χ3n) is 3.64. The molecule has 5 nitrogen and oxygen atoms in total. The van der Waals surface area contributed by atoms with Crippen LogP contribution in [0, 0.1) is 0 Å². The third kappa shape index (κ3) is 3.91. The lowest BCUT2D eigenvalue weighted by Crippen LogP contribution is -2.23. The Balaban J connectivity index is 1.69. The van der Waals surface area contributed by atoms with Crippen LogP contribution in [-0.2, 0) is 0 Å². The molecule has 0 bridgehead atoms. The minimum absolute atomic E-state index is 0.503. The Morgan fingerprint density at radius 1 is 1.10 bits per heavy atom. The summed E-state index contributed by atoms with van der Waals surface area (Å²) >= 11 is 3.50. The molecule has 2 N–H and O–H groups in total. The van der Waals surface area contributed by atoms with Crippen LogP contribution in [-0.4, -0.2) is 21.2 Å². The molecule has 0 saturated heterocycles. The number of hydrogen-bond donors (Lipinski definition) is 2. The highest BCUT2D eigenvalue weighted by atomic mass is 79.9. The van der Waals surface area contributed by atoms with E-state index in [9.17, 15) is 0 Å². The van der Waals surface area contributed by atoms with Crippen molar-refractivity contribution in [1.29, 1.82) is 0 Å². The van der Waals surface area contributed by atoms with Gasteiger partial charge in [-0.3, -0.25) is 0 Å².